The van der Waals surface area contributed by atoms with Crippen molar-refractivity contribution in [2.24, 2.45) is 7.05 Å². The van der Waals surface area contributed by atoms with E-state index in [-0.39, 0.29) is 5.56 Å². The van der Waals surface area contributed by atoms with Crippen molar-refractivity contribution in [3.05, 3.63) is 85.7 Å². The van der Waals surface area contributed by atoms with E-state index >= 15 is 0 Å². The highest BCUT2D eigenvalue weighted by atomic mass is 79.9. The van der Waals surface area contributed by atoms with Crippen LogP contribution in [0.25, 0.3) is 33.3 Å². The van der Waals surface area contributed by atoms with Crippen LogP contribution in [-0.2, 0) is 7.05 Å². The Balaban J connectivity index is 1.66. The summed E-state index contributed by atoms with van der Waals surface area (Å²) in [4.78, 5) is 18.2. The average molecular weight is 436 g/mol. The molecular weight excluding hydrogens is 422 g/mol. The fourth-order valence-electron chi connectivity index (χ4n) is 3.33. The van der Waals surface area contributed by atoms with Crippen LogP contribution in [0.5, 0.6) is 0 Å². The number of para-hydroxylation sites is 2. The first kappa shape index (κ1) is 16.5. The second-order valence-electron chi connectivity index (χ2n) is 6.34. The minimum atomic E-state index is -0.0184. The third-order valence-electron chi connectivity index (χ3n) is 4.72. The lowest BCUT2D eigenvalue weighted by Gasteiger charge is -2.05. The molecule has 0 aliphatic carbocycles. The topological polar surface area (TPSA) is 39.3 Å². The maximum absolute atomic E-state index is 12.9. The summed E-state index contributed by atoms with van der Waals surface area (Å²) in [6, 6.07) is 20.1. The molecule has 5 aromatic rings. The number of fused-ring (bicyclic) bond motifs is 3. The molecule has 4 nitrogen and oxygen atoms in total. The van der Waals surface area contributed by atoms with Gasteiger partial charge < -0.3 is 4.57 Å². The van der Waals surface area contributed by atoms with Gasteiger partial charge in [0.1, 0.15) is 0 Å². The minimum absolute atomic E-state index is 0.0184. The van der Waals surface area contributed by atoms with E-state index in [4.69, 9.17) is 0 Å². The van der Waals surface area contributed by atoms with Crippen LogP contribution in [0, 0.1) is 0 Å². The number of nitrogens with zero attached hydrogens (tertiary/aromatic N) is 3. The van der Waals surface area contributed by atoms with Gasteiger partial charge in [0.05, 0.1) is 15.6 Å². The smallest absolute Gasteiger partial charge is 0.275 e. The zero-order valence-electron chi connectivity index (χ0n) is 14.4. The second-order valence-corrected chi connectivity index (χ2v) is 8.27. The zero-order chi connectivity index (χ0) is 18.5. The SMILES string of the molecule is Cn1c(C=c2sc3nc4ccccc4n3c2=O)ccc1-c1ccc(Br)cc1. The fourth-order valence-corrected chi connectivity index (χ4v) is 4.56. The minimum Gasteiger partial charge on any atom is -0.344 e. The van der Waals surface area contributed by atoms with Crippen LogP contribution in [0.4, 0.5) is 0 Å². The summed E-state index contributed by atoms with van der Waals surface area (Å²) in [6.45, 7) is 0. The summed E-state index contributed by atoms with van der Waals surface area (Å²) in [5, 5.41) is 0. The predicted octanol–water partition coefficient (Wildman–Crippen LogP) is 4.22. The molecule has 0 fully saturated rings. The van der Waals surface area contributed by atoms with Crippen LogP contribution in [0.2, 0.25) is 0 Å². The molecular formula is C21H14BrN3OS. The van der Waals surface area contributed by atoms with Crippen LogP contribution in [0.15, 0.2) is 69.9 Å². The van der Waals surface area contributed by atoms with E-state index in [0.717, 1.165) is 37.4 Å². The molecule has 0 bridgehead atoms. The Bertz CT molecular complexity index is 1410. The van der Waals surface area contributed by atoms with Gasteiger partial charge in [0.15, 0.2) is 4.96 Å². The maximum atomic E-state index is 12.9. The lowest BCUT2D eigenvalue weighted by Crippen LogP contribution is -2.23. The first-order valence-electron chi connectivity index (χ1n) is 8.45. The van der Waals surface area contributed by atoms with Gasteiger partial charge in [-0.05, 0) is 48.0 Å². The molecule has 5 rings (SSSR count). The van der Waals surface area contributed by atoms with Crippen molar-refractivity contribution in [3.8, 4) is 11.3 Å². The largest absolute Gasteiger partial charge is 0.344 e. The van der Waals surface area contributed by atoms with Gasteiger partial charge in [0, 0.05) is 22.9 Å². The number of halogens is 1. The van der Waals surface area contributed by atoms with E-state index in [2.05, 4.69) is 43.7 Å². The van der Waals surface area contributed by atoms with Crippen molar-refractivity contribution in [2.75, 3.05) is 0 Å². The number of rotatable bonds is 2. The Morgan fingerprint density at radius 1 is 1.04 bits per heavy atom. The summed E-state index contributed by atoms with van der Waals surface area (Å²) in [6.07, 6.45) is 1.94. The fraction of sp³-hybridized carbons (Fsp3) is 0.0476. The summed E-state index contributed by atoms with van der Waals surface area (Å²) >= 11 is 4.89. The number of thiazole rings is 1. The molecule has 6 heteroatoms. The van der Waals surface area contributed by atoms with Crippen LogP contribution in [0.1, 0.15) is 5.69 Å². The Hall–Kier alpha value is -2.70. The first-order valence-corrected chi connectivity index (χ1v) is 10.1. The molecule has 3 heterocycles. The predicted molar refractivity (Wildman–Crippen MR) is 114 cm³/mol. The molecule has 0 aliphatic rings. The Kier molecular flexibility index (Phi) is 3.77. The molecule has 0 aliphatic heterocycles. The van der Waals surface area contributed by atoms with E-state index in [0.29, 0.717) is 4.53 Å². The molecule has 0 amide bonds. The van der Waals surface area contributed by atoms with Gasteiger partial charge in [-0.1, -0.05) is 51.5 Å². The summed E-state index contributed by atoms with van der Waals surface area (Å²) in [7, 11) is 2.02. The van der Waals surface area contributed by atoms with Crippen LogP contribution in [-0.4, -0.2) is 14.0 Å². The van der Waals surface area contributed by atoms with Gasteiger partial charge in [0.2, 0.25) is 0 Å². The van der Waals surface area contributed by atoms with Gasteiger partial charge in [-0.25, -0.2) is 9.38 Å². The highest BCUT2D eigenvalue weighted by molar-refractivity contribution is 9.10. The van der Waals surface area contributed by atoms with E-state index in [1.807, 2.05) is 55.6 Å². The van der Waals surface area contributed by atoms with Crippen molar-refractivity contribution >= 4 is 49.3 Å². The van der Waals surface area contributed by atoms with E-state index in [1.165, 1.54) is 11.3 Å². The van der Waals surface area contributed by atoms with E-state index < -0.39 is 0 Å². The Morgan fingerprint density at radius 3 is 2.63 bits per heavy atom. The van der Waals surface area contributed by atoms with Crippen molar-refractivity contribution in [2.45, 2.75) is 0 Å². The lowest BCUT2D eigenvalue weighted by atomic mass is 10.1. The second kappa shape index (κ2) is 6.18. The van der Waals surface area contributed by atoms with Crippen LogP contribution in [0.3, 0.4) is 0 Å². The zero-order valence-corrected chi connectivity index (χ0v) is 16.8. The van der Waals surface area contributed by atoms with Gasteiger partial charge in [-0.2, -0.15) is 0 Å². The molecule has 132 valence electrons. The highest BCUT2D eigenvalue weighted by Gasteiger charge is 2.11. The van der Waals surface area contributed by atoms with Crippen LogP contribution >= 0.6 is 27.3 Å². The molecule has 0 spiro atoms. The van der Waals surface area contributed by atoms with Crippen molar-refractivity contribution in [3.63, 3.8) is 0 Å². The monoisotopic (exact) mass is 435 g/mol. The first-order chi connectivity index (χ1) is 13.1. The summed E-state index contributed by atoms with van der Waals surface area (Å²) in [5.41, 5.74) is 4.91. The summed E-state index contributed by atoms with van der Waals surface area (Å²) in [5.74, 6) is 0. The third-order valence-corrected chi connectivity index (χ3v) is 6.22. The Labute approximate surface area is 167 Å². The molecule has 27 heavy (non-hydrogen) atoms. The van der Waals surface area contributed by atoms with E-state index in [1.54, 1.807) is 4.40 Å². The normalized spacial score (nSPS) is 12.4. The number of hydrogen-bond acceptors (Lipinski definition) is 3. The molecule has 2 aromatic carbocycles. The molecule has 0 saturated carbocycles. The maximum Gasteiger partial charge on any atom is 0.275 e. The van der Waals surface area contributed by atoms with Crippen molar-refractivity contribution < 1.29 is 0 Å². The molecule has 0 radical (unpaired) electrons. The van der Waals surface area contributed by atoms with Gasteiger partial charge in [-0.15, -0.1) is 0 Å². The van der Waals surface area contributed by atoms with Crippen LogP contribution < -0.4 is 10.1 Å². The number of hydrogen-bond donors (Lipinski definition) is 0. The number of aromatic nitrogens is 3. The van der Waals surface area contributed by atoms with E-state index in [9.17, 15) is 4.79 Å². The third kappa shape index (κ3) is 2.64. The molecule has 0 unspecified atom stereocenters. The van der Waals surface area contributed by atoms with Gasteiger partial charge in [-0.3, -0.25) is 4.79 Å². The van der Waals surface area contributed by atoms with Gasteiger partial charge in [0.25, 0.3) is 5.56 Å². The molecule has 3 aromatic heterocycles. The average Bonchev–Trinajstić information content (AvgIpc) is 3.30. The standard InChI is InChI=1S/C21H14BrN3OS/c1-24-15(10-11-17(24)13-6-8-14(22)9-7-13)12-19-20(26)25-18-5-3-2-4-16(18)23-21(25)27-19/h2-12H,1H3. The molecule has 0 saturated heterocycles. The van der Waals surface area contributed by atoms with Gasteiger partial charge >= 0.3 is 0 Å². The lowest BCUT2D eigenvalue weighted by molar-refractivity contribution is 0.923. The number of benzene rings is 2. The Morgan fingerprint density at radius 2 is 1.81 bits per heavy atom. The summed E-state index contributed by atoms with van der Waals surface area (Å²) < 4.78 is 5.54. The highest BCUT2D eigenvalue weighted by Crippen LogP contribution is 2.24. The van der Waals surface area contributed by atoms with Crippen molar-refractivity contribution in [1.82, 2.24) is 14.0 Å². The van der Waals surface area contributed by atoms with Crippen molar-refractivity contribution in [1.29, 1.82) is 0 Å². The number of imidazole rings is 1. The molecule has 0 N–H and O–H groups in total. The quantitative estimate of drug-likeness (QED) is 0.416. The molecule has 0 atom stereocenters.